The number of amides is 2. The van der Waals surface area contributed by atoms with Gasteiger partial charge < -0.3 is 10.2 Å². The van der Waals surface area contributed by atoms with E-state index in [9.17, 15) is 9.59 Å². The maximum absolute atomic E-state index is 11.8. The molecule has 0 unspecified atom stereocenters. The first-order valence-corrected chi connectivity index (χ1v) is 6.24. The van der Waals surface area contributed by atoms with Gasteiger partial charge in [0.2, 0.25) is 11.8 Å². The fourth-order valence-electron chi connectivity index (χ4n) is 1.49. The first kappa shape index (κ1) is 15.9. The molecule has 0 atom stereocenters. The van der Waals surface area contributed by atoms with E-state index >= 15 is 0 Å². The maximum atomic E-state index is 11.8. The molecule has 0 rings (SSSR count). The lowest BCUT2D eigenvalue weighted by atomic mass is 10.1. The zero-order chi connectivity index (χ0) is 13.6. The molecule has 2 amide bonds. The Hall–Kier alpha value is -1.06. The van der Waals surface area contributed by atoms with Gasteiger partial charge in [0.25, 0.3) is 0 Å². The minimum Gasteiger partial charge on any atom is -0.350 e. The zero-order valence-electron chi connectivity index (χ0n) is 12.0. The largest absolute Gasteiger partial charge is 0.350 e. The summed E-state index contributed by atoms with van der Waals surface area (Å²) in [4.78, 5) is 25.1. The van der Waals surface area contributed by atoms with Crippen molar-refractivity contribution in [2.75, 3.05) is 13.1 Å². The molecule has 0 heterocycles. The van der Waals surface area contributed by atoms with E-state index in [1.165, 1.54) is 0 Å². The topological polar surface area (TPSA) is 49.4 Å². The minimum atomic E-state index is -0.252. The number of nitrogens with one attached hydrogen (secondary N) is 1. The normalized spacial score (nSPS) is 11.5. The highest BCUT2D eigenvalue weighted by atomic mass is 16.2. The van der Waals surface area contributed by atoms with E-state index in [0.717, 1.165) is 0 Å². The molecule has 0 radical (unpaired) electrons. The second kappa shape index (κ2) is 6.62. The minimum absolute atomic E-state index is 0.0477. The average Bonchev–Trinajstić information content (AvgIpc) is 2.09. The fourth-order valence-corrected chi connectivity index (χ4v) is 1.49. The number of carbonyl (C=O) groups is 2. The van der Waals surface area contributed by atoms with Gasteiger partial charge in [0.1, 0.15) is 0 Å². The Bertz CT molecular complexity index is 267. The van der Waals surface area contributed by atoms with Gasteiger partial charge in [-0.15, -0.1) is 0 Å². The Balaban J connectivity index is 4.31. The molecule has 0 aliphatic rings. The van der Waals surface area contributed by atoms with Crippen LogP contribution in [-0.4, -0.2) is 35.3 Å². The van der Waals surface area contributed by atoms with Crippen LogP contribution >= 0.6 is 0 Å². The van der Waals surface area contributed by atoms with E-state index in [4.69, 9.17) is 0 Å². The predicted octanol–water partition coefficient (Wildman–Crippen LogP) is 1.80. The first-order chi connectivity index (χ1) is 7.65. The number of likely N-dealkylation sites (N-methyl/N-ethyl adjacent to an activating group) is 1. The second-order valence-electron chi connectivity index (χ2n) is 5.80. The molecule has 4 nitrogen and oxygen atoms in total. The lowest BCUT2D eigenvalue weighted by Crippen LogP contribution is -2.47. The Morgan fingerprint density at radius 3 is 2.12 bits per heavy atom. The quantitative estimate of drug-likeness (QED) is 0.799. The van der Waals surface area contributed by atoms with Gasteiger partial charge in [-0.05, 0) is 33.6 Å². The van der Waals surface area contributed by atoms with Crippen molar-refractivity contribution in [3.8, 4) is 0 Å². The Labute approximate surface area is 105 Å². The third-order valence-corrected chi connectivity index (χ3v) is 2.17. The monoisotopic (exact) mass is 242 g/mol. The molecule has 0 saturated carbocycles. The van der Waals surface area contributed by atoms with Crippen molar-refractivity contribution in [2.45, 2.75) is 53.5 Å². The molecule has 17 heavy (non-hydrogen) atoms. The van der Waals surface area contributed by atoms with Crippen LogP contribution in [0.1, 0.15) is 48.0 Å². The summed E-state index contributed by atoms with van der Waals surface area (Å²) < 4.78 is 0. The number of carbonyl (C=O) groups excluding carboxylic acids is 2. The van der Waals surface area contributed by atoms with E-state index in [2.05, 4.69) is 5.32 Å². The summed E-state index contributed by atoms with van der Waals surface area (Å²) in [6.07, 6.45) is 0.497. The molecule has 0 aromatic carbocycles. The van der Waals surface area contributed by atoms with Gasteiger partial charge in [-0.3, -0.25) is 9.59 Å². The molecule has 100 valence electrons. The number of hydrogen-bond acceptors (Lipinski definition) is 2. The fraction of sp³-hybridized carbons (Fsp3) is 0.846. The van der Waals surface area contributed by atoms with Crippen molar-refractivity contribution < 1.29 is 9.59 Å². The molecule has 0 fully saturated rings. The van der Waals surface area contributed by atoms with Crippen LogP contribution < -0.4 is 5.32 Å². The van der Waals surface area contributed by atoms with Gasteiger partial charge in [-0.2, -0.15) is 0 Å². The van der Waals surface area contributed by atoms with Crippen LogP contribution in [0.25, 0.3) is 0 Å². The van der Waals surface area contributed by atoms with Crippen LogP contribution in [0.5, 0.6) is 0 Å². The molecule has 0 bridgehead atoms. The SMILES string of the molecule is CCN(CC(=O)NC(C)(C)C)C(=O)CC(C)C. The molecule has 0 aliphatic carbocycles. The molecular weight excluding hydrogens is 216 g/mol. The van der Waals surface area contributed by atoms with Gasteiger partial charge in [0.05, 0.1) is 6.54 Å². The van der Waals surface area contributed by atoms with E-state index in [-0.39, 0.29) is 23.9 Å². The Morgan fingerprint density at radius 2 is 1.76 bits per heavy atom. The van der Waals surface area contributed by atoms with Crippen LogP contribution in [0.3, 0.4) is 0 Å². The second-order valence-corrected chi connectivity index (χ2v) is 5.80. The molecule has 0 aromatic rings. The van der Waals surface area contributed by atoms with E-state index < -0.39 is 0 Å². The van der Waals surface area contributed by atoms with Crippen molar-refractivity contribution in [1.82, 2.24) is 10.2 Å². The van der Waals surface area contributed by atoms with Gasteiger partial charge in [-0.25, -0.2) is 0 Å². The van der Waals surface area contributed by atoms with Gasteiger partial charge in [0.15, 0.2) is 0 Å². The summed E-state index contributed by atoms with van der Waals surface area (Å²) in [6.45, 7) is 12.4. The highest BCUT2D eigenvalue weighted by molar-refractivity contribution is 5.85. The van der Waals surface area contributed by atoms with Gasteiger partial charge >= 0.3 is 0 Å². The van der Waals surface area contributed by atoms with Crippen molar-refractivity contribution in [2.24, 2.45) is 5.92 Å². The third kappa shape index (κ3) is 7.77. The van der Waals surface area contributed by atoms with Gasteiger partial charge in [-0.1, -0.05) is 13.8 Å². The number of nitrogens with zero attached hydrogens (tertiary/aromatic N) is 1. The van der Waals surface area contributed by atoms with Crippen LogP contribution in [0.2, 0.25) is 0 Å². The third-order valence-electron chi connectivity index (χ3n) is 2.17. The molecule has 0 aromatic heterocycles. The Morgan fingerprint density at radius 1 is 1.24 bits per heavy atom. The number of hydrogen-bond donors (Lipinski definition) is 1. The summed E-state index contributed by atoms with van der Waals surface area (Å²) >= 11 is 0. The summed E-state index contributed by atoms with van der Waals surface area (Å²) in [6, 6.07) is 0. The standard InChI is InChI=1S/C13H26N2O2/c1-7-15(12(17)8-10(2)3)9-11(16)14-13(4,5)6/h10H,7-9H2,1-6H3,(H,14,16). The van der Waals surface area contributed by atoms with E-state index in [1.54, 1.807) is 4.90 Å². The van der Waals surface area contributed by atoms with E-state index in [1.807, 2.05) is 41.5 Å². The highest BCUT2D eigenvalue weighted by Crippen LogP contribution is 2.05. The number of rotatable bonds is 5. The molecule has 1 N–H and O–H groups in total. The lowest BCUT2D eigenvalue weighted by Gasteiger charge is -2.25. The summed E-state index contributed by atoms with van der Waals surface area (Å²) in [5, 5.41) is 2.86. The van der Waals surface area contributed by atoms with Crippen LogP contribution in [0.4, 0.5) is 0 Å². The summed E-state index contributed by atoms with van der Waals surface area (Å²) in [7, 11) is 0. The van der Waals surface area contributed by atoms with Crippen molar-refractivity contribution in [3.05, 3.63) is 0 Å². The van der Waals surface area contributed by atoms with Gasteiger partial charge in [0, 0.05) is 18.5 Å². The van der Waals surface area contributed by atoms with Crippen molar-refractivity contribution in [3.63, 3.8) is 0 Å². The molecule has 0 spiro atoms. The predicted molar refractivity (Wildman–Crippen MR) is 69.6 cm³/mol. The maximum Gasteiger partial charge on any atom is 0.240 e. The molecule has 0 aliphatic heterocycles. The van der Waals surface area contributed by atoms with Crippen LogP contribution in [-0.2, 0) is 9.59 Å². The highest BCUT2D eigenvalue weighted by Gasteiger charge is 2.19. The molecular formula is C13H26N2O2. The first-order valence-electron chi connectivity index (χ1n) is 6.24. The van der Waals surface area contributed by atoms with Crippen LogP contribution in [0, 0.1) is 5.92 Å². The van der Waals surface area contributed by atoms with Crippen molar-refractivity contribution >= 4 is 11.8 Å². The van der Waals surface area contributed by atoms with Crippen LogP contribution in [0.15, 0.2) is 0 Å². The molecule has 0 saturated heterocycles. The lowest BCUT2D eigenvalue weighted by molar-refractivity contribution is -0.136. The van der Waals surface area contributed by atoms with E-state index in [0.29, 0.717) is 18.9 Å². The average molecular weight is 242 g/mol. The smallest absolute Gasteiger partial charge is 0.240 e. The zero-order valence-corrected chi connectivity index (χ0v) is 12.0. The summed E-state index contributed by atoms with van der Waals surface area (Å²) in [5.74, 6) is 0.269. The Kier molecular flexibility index (Phi) is 6.21. The van der Waals surface area contributed by atoms with Crippen molar-refractivity contribution in [1.29, 1.82) is 0 Å². The summed E-state index contributed by atoms with van der Waals surface area (Å²) in [5.41, 5.74) is -0.252. The molecule has 4 heteroatoms.